The molecule has 6 heteroatoms. The molecule has 0 amide bonds. The number of hydrogen-bond acceptors (Lipinski definition) is 5. The SMILES string of the molecule is IOc1ncnc2ccc(N3CCCC3c3ccccc3)nc12. The molecule has 23 heavy (non-hydrogen) atoms. The highest BCUT2D eigenvalue weighted by atomic mass is 127. The molecule has 5 nitrogen and oxygen atoms in total. The third-order valence-corrected chi connectivity index (χ3v) is 4.66. The lowest BCUT2D eigenvalue weighted by atomic mass is 10.0. The molecule has 0 radical (unpaired) electrons. The molecule has 116 valence electrons. The second-order valence-corrected chi connectivity index (χ2v) is 6.00. The Morgan fingerprint density at radius 3 is 2.78 bits per heavy atom. The van der Waals surface area contributed by atoms with Crippen LogP contribution in [0.25, 0.3) is 11.0 Å². The zero-order valence-corrected chi connectivity index (χ0v) is 14.6. The summed E-state index contributed by atoms with van der Waals surface area (Å²) in [6, 6.07) is 15.0. The summed E-state index contributed by atoms with van der Waals surface area (Å²) in [6.45, 7) is 1.01. The van der Waals surface area contributed by atoms with E-state index in [1.54, 1.807) is 0 Å². The van der Waals surface area contributed by atoms with Crippen molar-refractivity contribution in [2.45, 2.75) is 18.9 Å². The molecule has 0 N–H and O–H groups in total. The lowest BCUT2D eigenvalue weighted by Gasteiger charge is -2.26. The Morgan fingerprint density at radius 1 is 1.09 bits per heavy atom. The monoisotopic (exact) mass is 418 g/mol. The minimum Gasteiger partial charge on any atom is -0.406 e. The van der Waals surface area contributed by atoms with Crippen molar-refractivity contribution in [3.05, 3.63) is 54.4 Å². The smallest absolute Gasteiger partial charge is 0.254 e. The van der Waals surface area contributed by atoms with E-state index in [0.717, 1.165) is 24.3 Å². The average Bonchev–Trinajstić information content (AvgIpc) is 3.11. The molecule has 1 saturated heterocycles. The van der Waals surface area contributed by atoms with Crippen LogP contribution in [0.4, 0.5) is 5.82 Å². The topological polar surface area (TPSA) is 51.1 Å². The first kappa shape index (κ1) is 14.6. The van der Waals surface area contributed by atoms with E-state index < -0.39 is 0 Å². The van der Waals surface area contributed by atoms with E-state index in [1.807, 2.05) is 35.1 Å². The standard InChI is InChI=1S/C17H15IN4O/c18-23-17-16-13(19-11-20-17)8-9-15(21-16)22-10-4-7-14(22)12-5-2-1-3-6-12/h1-3,5-6,8-9,11,14H,4,7,10H2. The number of rotatable bonds is 3. The van der Waals surface area contributed by atoms with Crippen LogP contribution in [0.1, 0.15) is 24.4 Å². The van der Waals surface area contributed by atoms with Gasteiger partial charge in [-0.25, -0.2) is 9.97 Å². The van der Waals surface area contributed by atoms with Gasteiger partial charge < -0.3 is 7.97 Å². The predicted octanol–water partition coefficient (Wildman–Crippen LogP) is 4.10. The molecule has 0 spiro atoms. The molecule has 0 aliphatic carbocycles. The molecule has 3 aromatic rings. The summed E-state index contributed by atoms with van der Waals surface area (Å²) in [5.74, 6) is 1.46. The third kappa shape index (κ3) is 2.71. The van der Waals surface area contributed by atoms with Crippen molar-refractivity contribution in [2.75, 3.05) is 11.4 Å². The Kier molecular flexibility index (Phi) is 3.99. The zero-order valence-electron chi connectivity index (χ0n) is 12.4. The number of fused-ring (bicyclic) bond motifs is 1. The summed E-state index contributed by atoms with van der Waals surface area (Å²) in [5.41, 5.74) is 2.84. The number of anilines is 1. The highest BCUT2D eigenvalue weighted by molar-refractivity contribution is 14.1. The molecule has 1 fully saturated rings. The van der Waals surface area contributed by atoms with Gasteiger partial charge in [0, 0.05) is 6.54 Å². The average molecular weight is 418 g/mol. The number of aromatic nitrogens is 3. The maximum absolute atomic E-state index is 5.29. The van der Waals surface area contributed by atoms with Gasteiger partial charge in [-0.3, -0.25) is 0 Å². The molecule has 1 aliphatic heterocycles. The minimum atomic E-state index is 0.370. The normalized spacial score (nSPS) is 17.6. The van der Waals surface area contributed by atoms with Gasteiger partial charge in [0.25, 0.3) is 5.88 Å². The summed E-state index contributed by atoms with van der Waals surface area (Å²) in [7, 11) is 0. The highest BCUT2D eigenvalue weighted by Crippen LogP contribution is 2.36. The molecule has 0 bridgehead atoms. The Labute approximate surface area is 148 Å². The van der Waals surface area contributed by atoms with Crippen molar-refractivity contribution in [1.82, 2.24) is 15.0 Å². The maximum atomic E-state index is 5.29. The number of nitrogens with zero attached hydrogens (tertiary/aromatic N) is 4. The second kappa shape index (κ2) is 6.27. The van der Waals surface area contributed by atoms with Crippen LogP contribution in [0.3, 0.4) is 0 Å². The molecule has 4 rings (SSSR count). The van der Waals surface area contributed by atoms with Gasteiger partial charge in [0.2, 0.25) is 0 Å². The zero-order chi connectivity index (χ0) is 15.6. The fraction of sp³-hybridized carbons (Fsp3) is 0.235. The minimum absolute atomic E-state index is 0.370. The van der Waals surface area contributed by atoms with Crippen molar-refractivity contribution >= 4 is 39.9 Å². The first-order chi connectivity index (χ1) is 11.4. The van der Waals surface area contributed by atoms with E-state index >= 15 is 0 Å². The molecule has 1 unspecified atom stereocenters. The van der Waals surface area contributed by atoms with Crippen LogP contribution in [-0.2, 0) is 0 Å². The van der Waals surface area contributed by atoms with Gasteiger partial charge in [-0.15, -0.1) is 0 Å². The Balaban J connectivity index is 1.76. The quantitative estimate of drug-likeness (QED) is 0.600. The van der Waals surface area contributed by atoms with Crippen molar-refractivity contribution < 1.29 is 3.07 Å². The van der Waals surface area contributed by atoms with E-state index in [9.17, 15) is 0 Å². The third-order valence-electron chi connectivity index (χ3n) is 4.24. The van der Waals surface area contributed by atoms with Gasteiger partial charge in [0.15, 0.2) is 28.5 Å². The van der Waals surface area contributed by atoms with E-state index in [0.29, 0.717) is 17.4 Å². The predicted molar refractivity (Wildman–Crippen MR) is 97.7 cm³/mol. The molecule has 1 atom stereocenters. The molecule has 1 aromatic carbocycles. The van der Waals surface area contributed by atoms with Gasteiger partial charge in [-0.1, -0.05) is 30.3 Å². The van der Waals surface area contributed by atoms with Crippen LogP contribution >= 0.6 is 23.0 Å². The Hall–Kier alpha value is -1.96. The van der Waals surface area contributed by atoms with Crippen molar-refractivity contribution in [2.24, 2.45) is 0 Å². The lowest BCUT2D eigenvalue weighted by molar-refractivity contribution is 0.683. The van der Waals surface area contributed by atoms with Gasteiger partial charge in [-0.05, 0) is 30.5 Å². The largest absolute Gasteiger partial charge is 0.406 e. The summed E-state index contributed by atoms with van der Waals surface area (Å²) >= 11 is 1.83. The van der Waals surface area contributed by atoms with Gasteiger partial charge in [0.1, 0.15) is 12.1 Å². The summed E-state index contributed by atoms with van der Waals surface area (Å²) in [4.78, 5) is 15.5. The molecule has 3 heterocycles. The summed E-state index contributed by atoms with van der Waals surface area (Å²) in [6.07, 6.45) is 3.81. The summed E-state index contributed by atoms with van der Waals surface area (Å²) < 4.78 is 5.29. The number of pyridine rings is 1. The van der Waals surface area contributed by atoms with Crippen LogP contribution in [-0.4, -0.2) is 21.5 Å². The molecule has 1 aliphatic rings. The fourth-order valence-electron chi connectivity index (χ4n) is 3.19. The van der Waals surface area contributed by atoms with E-state index in [2.05, 4.69) is 45.2 Å². The first-order valence-corrected chi connectivity index (χ1v) is 8.47. The van der Waals surface area contributed by atoms with E-state index in [-0.39, 0.29) is 0 Å². The molecule has 2 aromatic heterocycles. The van der Waals surface area contributed by atoms with Crippen LogP contribution in [0, 0.1) is 0 Å². The van der Waals surface area contributed by atoms with E-state index in [1.165, 1.54) is 18.3 Å². The van der Waals surface area contributed by atoms with Crippen LogP contribution < -0.4 is 7.97 Å². The molecular weight excluding hydrogens is 403 g/mol. The van der Waals surface area contributed by atoms with E-state index in [4.69, 9.17) is 8.05 Å². The maximum Gasteiger partial charge on any atom is 0.254 e. The van der Waals surface area contributed by atoms with Gasteiger partial charge >= 0.3 is 0 Å². The molecule has 0 saturated carbocycles. The lowest BCUT2D eigenvalue weighted by Crippen LogP contribution is -2.23. The van der Waals surface area contributed by atoms with Crippen molar-refractivity contribution in [3.8, 4) is 5.88 Å². The van der Waals surface area contributed by atoms with Crippen LogP contribution in [0.15, 0.2) is 48.8 Å². The van der Waals surface area contributed by atoms with Crippen molar-refractivity contribution in [1.29, 1.82) is 0 Å². The second-order valence-electron chi connectivity index (χ2n) is 5.56. The fourth-order valence-corrected chi connectivity index (χ4v) is 3.51. The Morgan fingerprint density at radius 2 is 1.96 bits per heavy atom. The Bertz CT molecular complexity index is 827. The van der Waals surface area contributed by atoms with Crippen molar-refractivity contribution in [3.63, 3.8) is 0 Å². The van der Waals surface area contributed by atoms with Gasteiger partial charge in [-0.2, -0.15) is 4.98 Å². The number of benzene rings is 1. The number of halogens is 1. The highest BCUT2D eigenvalue weighted by Gasteiger charge is 2.27. The summed E-state index contributed by atoms with van der Waals surface area (Å²) in [5, 5.41) is 0. The molecular formula is C17H15IN4O. The van der Waals surface area contributed by atoms with Crippen LogP contribution in [0.2, 0.25) is 0 Å². The first-order valence-electron chi connectivity index (χ1n) is 7.59. The van der Waals surface area contributed by atoms with Crippen LogP contribution in [0.5, 0.6) is 5.88 Å². The van der Waals surface area contributed by atoms with Gasteiger partial charge in [0.05, 0.1) is 11.6 Å². The number of hydrogen-bond donors (Lipinski definition) is 0.